The zero-order valence-electron chi connectivity index (χ0n) is 14.6. The molecule has 0 saturated carbocycles. The molecule has 0 fully saturated rings. The lowest BCUT2D eigenvalue weighted by Crippen LogP contribution is -2.28. The summed E-state index contributed by atoms with van der Waals surface area (Å²) in [5.41, 5.74) is 0. The van der Waals surface area contributed by atoms with E-state index in [1.807, 2.05) is 9.44 Å². The number of hydrogen-bond acceptors (Lipinski definition) is 6. The van der Waals surface area contributed by atoms with E-state index in [0.717, 1.165) is 13.8 Å². The Labute approximate surface area is 173 Å². The van der Waals surface area contributed by atoms with E-state index in [0.29, 0.717) is 0 Å². The normalized spacial score (nSPS) is 11.0. The minimum Gasteiger partial charge on any atom is -0.274 e. The first-order chi connectivity index (χ1) is 12.9. The lowest BCUT2D eigenvalue weighted by Gasteiger charge is -2.05. The molecule has 0 unspecified atom stereocenters. The van der Waals surface area contributed by atoms with Gasteiger partial charge in [0, 0.05) is 13.8 Å². The van der Waals surface area contributed by atoms with E-state index >= 15 is 0 Å². The molecule has 2 aromatic rings. The number of carbonyl (C=O) groups is 2. The molecule has 0 radical (unpaired) electrons. The summed E-state index contributed by atoms with van der Waals surface area (Å²) in [6.45, 7) is 2.24. The van der Waals surface area contributed by atoms with Gasteiger partial charge in [0.15, 0.2) is 0 Å². The summed E-state index contributed by atoms with van der Waals surface area (Å²) < 4.78 is 49.4. The minimum atomic E-state index is -3.82. The van der Waals surface area contributed by atoms with Crippen LogP contribution >= 0.6 is 23.2 Å². The molecule has 0 saturated heterocycles. The maximum Gasteiger partial charge on any atom is 0.265 e. The molecule has 0 bridgehead atoms. The molecule has 2 N–H and O–H groups in total. The first kappa shape index (κ1) is 23.9. The van der Waals surface area contributed by atoms with Gasteiger partial charge in [-0.2, -0.15) is 0 Å². The van der Waals surface area contributed by atoms with Crippen LogP contribution in [0.4, 0.5) is 0 Å². The molecular weight excluding hydrogens is 451 g/mol. The summed E-state index contributed by atoms with van der Waals surface area (Å²) in [4.78, 5) is 21.0. The van der Waals surface area contributed by atoms with E-state index < -0.39 is 31.9 Å². The monoisotopic (exact) mass is 466 g/mol. The molecule has 8 nitrogen and oxygen atoms in total. The average molecular weight is 467 g/mol. The number of rotatable bonds is 4. The molecule has 0 heterocycles. The molecule has 2 aromatic carbocycles. The molecule has 2 rings (SSSR count). The van der Waals surface area contributed by atoms with Crippen LogP contribution in [0.15, 0.2) is 58.3 Å². The van der Waals surface area contributed by atoms with E-state index in [9.17, 15) is 26.4 Å². The summed E-state index contributed by atoms with van der Waals surface area (Å²) in [6, 6.07) is 11.8. The largest absolute Gasteiger partial charge is 0.274 e. The summed E-state index contributed by atoms with van der Waals surface area (Å²) in [7, 11) is -7.64. The van der Waals surface area contributed by atoms with Crippen LogP contribution in [0.5, 0.6) is 0 Å². The smallest absolute Gasteiger partial charge is 0.265 e. The van der Waals surface area contributed by atoms with Crippen molar-refractivity contribution in [2.45, 2.75) is 23.6 Å². The van der Waals surface area contributed by atoms with Crippen LogP contribution in [0, 0.1) is 0 Å². The minimum absolute atomic E-state index is 0.0845. The lowest BCUT2D eigenvalue weighted by atomic mass is 10.4. The van der Waals surface area contributed by atoms with Crippen molar-refractivity contribution >= 4 is 55.1 Å². The van der Waals surface area contributed by atoms with Gasteiger partial charge in [0.1, 0.15) is 9.79 Å². The Morgan fingerprint density at radius 2 is 0.964 bits per heavy atom. The molecular formula is C16H16Cl2N2O6S2. The van der Waals surface area contributed by atoms with Gasteiger partial charge in [0.05, 0.1) is 10.0 Å². The van der Waals surface area contributed by atoms with E-state index in [2.05, 4.69) is 0 Å². The van der Waals surface area contributed by atoms with Crippen LogP contribution < -0.4 is 9.44 Å². The number of sulfonamides is 2. The predicted molar refractivity (Wildman–Crippen MR) is 105 cm³/mol. The van der Waals surface area contributed by atoms with Crippen LogP contribution in [0.1, 0.15) is 13.8 Å². The van der Waals surface area contributed by atoms with Gasteiger partial charge in [-0.3, -0.25) is 9.59 Å². The second-order valence-electron chi connectivity index (χ2n) is 5.18. The molecule has 0 aliphatic rings. The van der Waals surface area contributed by atoms with E-state index in [1.54, 1.807) is 12.1 Å². The highest BCUT2D eigenvalue weighted by molar-refractivity contribution is 7.90. The average Bonchev–Trinajstić information content (AvgIpc) is 2.53. The van der Waals surface area contributed by atoms with Crippen molar-refractivity contribution in [2.24, 2.45) is 0 Å². The Kier molecular flexibility index (Phi) is 8.43. The van der Waals surface area contributed by atoms with Gasteiger partial charge >= 0.3 is 0 Å². The van der Waals surface area contributed by atoms with Gasteiger partial charge in [-0.15, -0.1) is 0 Å². The standard InChI is InChI=1S/2C8H8ClNO3S/c2*1-6(11)10-14(12,13)8-5-3-2-4-7(8)9/h2*2-5H,1H3,(H,10,11). The molecule has 0 aliphatic heterocycles. The van der Waals surface area contributed by atoms with Gasteiger partial charge in [-0.05, 0) is 24.3 Å². The third-order valence-corrected chi connectivity index (χ3v) is 6.67. The van der Waals surface area contributed by atoms with Crippen LogP contribution in [0.3, 0.4) is 0 Å². The van der Waals surface area contributed by atoms with Gasteiger partial charge in [-0.25, -0.2) is 26.3 Å². The van der Waals surface area contributed by atoms with Crippen molar-refractivity contribution in [1.29, 1.82) is 0 Å². The summed E-state index contributed by atoms with van der Waals surface area (Å²) >= 11 is 11.3. The Morgan fingerprint density at radius 1 is 0.679 bits per heavy atom. The zero-order chi connectivity index (χ0) is 21.5. The molecule has 0 aliphatic carbocycles. The number of carbonyl (C=O) groups excluding carboxylic acids is 2. The number of amides is 2. The van der Waals surface area contributed by atoms with Crippen LogP contribution in [0.2, 0.25) is 10.0 Å². The van der Waals surface area contributed by atoms with Crippen molar-refractivity contribution in [3.63, 3.8) is 0 Å². The van der Waals surface area contributed by atoms with Gasteiger partial charge in [0.2, 0.25) is 11.8 Å². The first-order valence-electron chi connectivity index (χ1n) is 7.42. The molecule has 0 atom stereocenters. The molecule has 28 heavy (non-hydrogen) atoms. The molecule has 152 valence electrons. The van der Waals surface area contributed by atoms with Crippen molar-refractivity contribution in [3.05, 3.63) is 58.6 Å². The number of nitrogens with one attached hydrogen (secondary N) is 2. The van der Waals surface area contributed by atoms with Gasteiger partial charge in [0.25, 0.3) is 20.0 Å². The van der Waals surface area contributed by atoms with Crippen molar-refractivity contribution in [3.8, 4) is 0 Å². The molecule has 2 amide bonds. The first-order valence-corrected chi connectivity index (χ1v) is 11.1. The van der Waals surface area contributed by atoms with E-state index in [-0.39, 0.29) is 19.8 Å². The van der Waals surface area contributed by atoms with Crippen molar-refractivity contribution in [1.82, 2.24) is 9.44 Å². The third-order valence-electron chi connectivity index (χ3n) is 2.81. The molecule has 0 spiro atoms. The third kappa shape index (κ3) is 7.12. The maximum atomic E-state index is 11.4. The van der Waals surface area contributed by atoms with E-state index in [1.165, 1.54) is 36.4 Å². The number of benzene rings is 2. The Morgan fingerprint density at radius 3 is 1.21 bits per heavy atom. The summed E-state index contributed by atoms with van der Waals surface area (Å²) in [5.74, 6) is -1.30. The zero-order valence-corrected chi connectivity index (χ0v) is 17.8. The fraction of sp³-hybridized carbons (Fsp3) is 0.125. The van der Waals surface area contributed by atoms with Crippen LogP contribution in [-0.2, 0) is 29.6 Å². The van der Waals surface area contributed by atoms with Gasteiger partial charge in [-0.1, -0.05) is 47.5 Å². The van der Waals surface area contributed by atoms with Crippen LogP contribution in [0.25, 0.3) is 0 Å². The fourth-order valence-corrected chi connectivity index (χ4v) is 4.84. The molecule has 0 aromatic heterocycles. The van der Waals surface area contributed by atoms with Gasteiger partial charge < -0.3 is 0 Å². The topological polar surface area (TPSA) is 126 Å². The highest BCUT2D eigenvalue weighted by atomic mass is 35.5. The second-order valence-corrected chi connectivity index (χ2v) is 9.30. The quantitative estimate of drug-likeness (QED) is 0.711. The number of hydrogen-bond donors (Lipinski definition) is 2. The number of halogens is 2. The van der Waals surface area contributed by atoms with Crippen molar-refractivity contribution < 1.29 is 26.4 Å². The Bertz CT molecular complexity index is 998. The second kappa shape index (κ2) is 9.87. The highest BCUT2D eigenvalue weighted by Gasteiger charge is 2.18. The Balaban J connectivity index is 0.000000280. The predicted octanol–water partition coefficient (Wildman–Crippen LogP) is 2.33. The van der Waals surface area contributed by atoms with Crippen LogP contribution in [-0.4, -0.2) is 28.6 Å². The summed E-state index contributed by atoms with van der Waals surface area (Å²) in [5, 5.41) is 0.169. The molecule has 12 heteroatoms. The van der Waals surface area contributed by atoms with E-state index in [4.69, 9.17) is 23.2 Å². The maximum absolute atomic E-state index is 11.4. The summed E-state index contributed by atoms with van der Waals surface area (Å²) in [6.07, 6.45) is 0. The highest BCUT2D eigenvalue weighted by Crippen LogP contribution is 2.20. The Hall–Kier alpha value is -2.14. The van der Waals surface area contributed by atoms with Crippen molar-refractivity contribution in [2.75, 3.05) is 0 Å². The fourth-order valence-electron chi connectivity index (χ4n) is 1.81. The lowest BCUT2D eigenvalue weighted by molar-refractivity contribution is -0.118. The SMILES string of the molecule is CC(=O)NS(=O)(=O)c1ccccc1Cl.CC(=O)NS(=O)(=O)c1ccccc1Cl.